The molecule has 4 aromatic rings. The first-order chi connectivity index (χ1) is 11.7. The molecule has 0 aliphatic rings. The summed E-state index contributed by atoms with van der Waals surface area (Å²) in [4.78, 5) is 0.183. The largest absolute Gasteiger partial charge is 0.409 e. The normalized spacial score (nSPS) is 10.9. The van der Waals surface area contributed by atoms with Crippen LogP contribution in [-0.4, -0.2) is 20.0 Å². The van der Waals surface area contributed by atoms with Gasteiger partial charge in [0, 0.05) is 11.8 Å². The fourth-order valence-corrected chi connectivity index (χ4v) is 2.53. The summed E-state index contributed by atoms with van der Waals surface area (Å²) in [5.41, 5.74) is 2.94. The highest BCUT2D eigenvalue weighted by atomic mass is 32.1. The van der Waals surface area contributed by atoms with E-state index in [1.54, 1.807) is 16.8 Å². The molecule has 0 aliphatic heterocycles. The molecular weight excluding hydrogens is 327 g/mol. The summed E-state index contributed by atoms with van der Waals surface area (Å²) in [6.45, 7) is 0. The number of H-pyrrole nitrogens is 1. The number of aromatic nitrogens is 4. The van der Waals surface area contributed by atoms with E-state index in [9.17, 15) is 4.39 Å². The monoisotopic (exact) mass is 338 g/mol. The molecule has 4 rings (SSSR count). The third-order valence-electron chi connectivity index (χ3n) is 3.52. The van der Waals surface area contributed by atoms with Crippen LogP contribution in [0.2, 0.25) is 0 Å². The van der Waals surface area contributed by atoms with E-state index in [-0.39, 0.29) is 10.7 Å². The van der Waals surface area contributed by atoms with Crippen molar-refractivity contribution in [2.75, 3.05) is 0 Å². The van der Waals surface area contributed by atoms with Crippen LogP contribution in [0.25, 0.3) is 28.4 Å². The molecule has 0 fully saturated rings. The summed E-state index contributed by atoms with van der Waals surface area (Å²) < 4.78 is 20.4. The number of rotatable bonds is 3. The van der Waals surface area contributed by atoms with E-state index in [0.29, 0.717) is 17.1 Å². The van der Waals surface area contributed by atoms with Crippen molar-refractivity contribution in [3.63, 3.8) is 0 Å². The molecule has 0 amide bonds. The fraction of sp³-hybridized carbons (Fsp3) is 0. The molecule has 2 aromatic carbocycles. The lowest BCUT2D eigenvalue weighted by molar-refractivity contribution is 0.552. The topological polar surface area (TPSA) is 59.6 Å². The molecule has 2 aromatic heterocycles. The molecule has 2 heterocycles. The molecule has 118 valence electrons. The van der Waals surface area contributed by atoms with E-state index < -0.39 is 0 Å². The zero-order valence-corrected chi connectivity index (χ0v) is 13.1. The van der Waals surface area contributed by atoms with Gasteiger partial charge < -0.3 is 4.42 Å². The summed E-state index contributed by atoms with van der Waals surface area (Å²) in [5.74, 6) is 0.0293. The zero-order valence-electron chi connectivity index (χ0n) is 12.3. The average molecular weight is 338 g/mol. The Morgan fingerprint density at radius 2 is 1.79 bits per heavy atom. The SMILES string of the molecule is Fc1ccc(-c2nn(-c3ccccc3)cc2-c2n[nH]c(=S)o2)cc1. The van der Waals surface area contributed by atoms with Crippen LogP contribution in [0.15, 0.2) is 65.2 Å². The van der Waals surface area contributed by atoms with E-state index in [4.69, 9.17) is 16.6 Å². The van der Waals surface area contributed by atoms with Gasteiger partial charge in [0.1, 0.15) is 11.5 Å². The van der Waals surface area contributed by atoms with Crippen molar-refractivity contribution >= 4 is 12.2 Å². The molecule has 1 N–H and O–H groups in total. The smallest absolute Gasteiger partial charge is 0.284 e. The second-order valence-electron chi connectivity index (χ2n) is 5.10. The van der Waals surface area contributed by atoms with Crippen LogP contribution in [0.5, 0.6) is 0 Å². The van der Waals surface area contributed by atoms with Crippen LogP contribution >= 0.6 is 12.2 Å². The Bertz CT molecular complexity index is 1030. The summed E-state index contributed by atoms with van der Waals surface area (Å²) in [6, 6.07) is 15.8. The molecule has 24 heavy (non-hydrogen) atoms. The van der Waals surface area contributed by atoms with Gasteiger partial charge in [-0.15, -0.1) is 5.10 Å². The van der Waals surface area contributed by atoms with Gasteiger partial charge in [0.2, 0.25) is 5.89 Å². The Hall–Kier alpha value is -3.06. The highest BCUT2D eigenvalue weighted by Gasteiger charge is 2.18. The Morgan fingerprint density at radius 1 is 1.04 bits per heavy atom. The molecular formula is C17H11FN4OS. The van der Waals surface area contributed by atoms with Crippen molar-refractivity contribution < 1.29 is 8.81 Å². The molecule has 0 saturated heterocycles. The van der Waals surface area contributed by atoms with Gasteiger partial charge >= 0.3 is 0 Å². The number of hydrogen-bond donors (Lipinski definition) is 1. The highest BCUT2D eigenvalue weighted by Crippen LogP contribution is 2.31. The minimum atomic E-state index is -0.305. The zero-order chi connectivity index (χ0) is 16.5. The predicted octanol–water partition coefficient (Wildman–Crippen LogP) is 4.39. The van der Waals surface area contributed by atoms with Gasteiger partial charge in [-0.1, -0.05) is 18.2 Å². The maximum atomic E-state index is 13.2. The van der Waals surface area contributed by atoms with Gasteiger partial charge in [-0.05, 0) is 48.6 Å². The summed E-state index contributed by atoms with van der Waals surface area (Å²) in [6.07, 6.45) is 1.81. The van der Waals surface area contributed by atoms with E-state index in [1.165, 1.54) is 12.1 Å². The molecule has 0 radical (unpaired) electrons. The van der Waals surface area contributed by atoms with E-state index >= 15 is 0 Å². The lowest BCUT2D eigenvalue weighted by Crippen LogP contribution is -1.94. The van der Waals surface area contributed by atoms with Gasteiger partial charge in [0.05, 0.1) is 11.3 Å². The number of nitrogens with one attached hydrogen (secondary N) is 1. The molecule has 7 heteroatoms. The summed E-state index contributed by atoms with van der Waals surface area (Å²) in [7, 11) is 0. The van der Waals surface area contributed by atoms with Crippen molar-refractivity contribution in [2.45, 2.75) is 0 Å². The standard InChI is InChI=1S/C17H11FN4OS/c18-12-8-6-11(7-9-12)15-14(16-19-20-17(24)23-16)10-22(21-15)13-4-2-1-3-5-13/h1-10H,(H,20,24). The van der Waals surface area contributed by atoms with Crippen molar-refractivity contribution in [2.24, 2.45) is 0 Å². The lowest BCUT2D eigenvalue weighted by Gasteiger charge is -2.00. The van der Waals surface area contributed by atoms with Crippen LogP contribution in [0.1, 0.15) is 0 Å². The van der Waals surface area contributed by atoms with E-state index in [0.717, 1.165) is 11.3 Å². The minimum absolute atomic E-state index is 0.183. The Kier molecular flexibility index (Phi) is 3.55. The molecule has 0 aliphatic carbocycles. The molecule has 0 unspecified atom stereocenters. The van der Waals surface area contributed by atoms with Crippen LogP contribution in [-0.2, 0) is 0 Å². The Balaban J connectivity index is 1.91. The fourth-order valence-electron chi connectivity index (χ4n) is 2.41. The minimum Gasteiger partial charge on any atom is -0.409 e. The molecule has 0 atom stereocenters. The quantitative estimate of drug-likeness (QED) is 0.563. The number of para-hydroxylation sites is 1. The highest BCUT2D eigenvalue weighted by molar-refractivity contribution is 7.71. The molecule has 5 nitrogen and oxygen atoms in total. The maximum absolute atomic E-state index is 13.2. The van der Waals surface area contributed by atoms with Crippen molar-refractivity contribution in [1.29, 1.82) is 0 Å². The lowest BCUT2D eigenvalue weighted by atomic mass is 10.1. The van der Waals surface area contributed by atoms with E-state index in [1.807, 2.05) is 36.5 Å². The van der Waals surface area contributed by atoms with Gasteiger partial charge in [-0.3, -0.25) is 0 Å². The van der Waals surface area contributed by atoms with Crippen LogP contribution in [0, 0.1) is 10.7 Å². The number of hydrogen-bond acceptors (Lipinski definition) is 4. The Morgan fingerprint density at radius 3 is 2.46 bits per heavy atom. The molecule has 0 saturated carbocycles. The summed E-state index contributed by atoms with van der Waals surface area (Å²) >= 11 is 4.95. The third-order valence-corrected chi connectivity index (χ3v) is 3.70. The van der Waals surface area contributed by atoms with Crippen molar-refractivity contribution in [1.82, 2.24) is 20.0 Å². The number of nitrogens with zero attached hydrogens (tertiary/aromatic N) is 3. The average Bonchev–Trinajstić information content (AvgIpc) is 3.23. The van der Waals surface area contributed by atoms with Crippen molar-refractivity contribution in [3.05, 3.63) is 71.4 Å². The van der Waals surface area contributed by atoms with E-state index in [2.05, 4.69) is 15.3 Å². The predicted molar refractivity (Wildman–Crippen MR) is 89.6 cm³/mol. The van der Waals surface area contributed by atoms with Gasteiger partial charge in [-0.2, -0.15) is 5.10 Å². The second kappa shape index (κ2) is 5.86. The van der Waals surface area contributed by atoms with Crippen LogP contribution in [0.4, 0.5) is 4.39 Å². The third kappa shape index (κ3) is 2.65. The van der Waals surface area contributed by atoms with Gasteiger partial charge in [-0.25, -0.2) is 14.2 Å². The Labute approximate surface area is 141 Å². The van der Waals surface area contributed by atoms with Crippen LogP contribution < -0.4 is 0 Å². The number of aromatic amines is 1. The van der Waals surface area contributed by atoms with Crippen LogP contribution in [0.3, 0.4) is 0 Å². The number of halogens is 1. The molecule has 0 bridgehead atoms. The summed E-state index contributed by atoms with van der Waals surface area (Å²) in [5, 5.41) is 11.3. The first kappa shape index (κ1) is 14.5. The van der Waals surface area contributed by atoms with Gasteiger partial charge in [0.25, 0.3) is 4.84 Å². The number of benzene rings is 2. The maximum Gasteiger partial charge on any atom is 0.284 e. The van der Waals surface area contributed by atoms with Gasteiger partial charge in [0.15, 0.2) is 0 Å². The second-order valence-corrected chi connectivity index (χ2v) is 5.47. The molecule has 0 spiro atoms. The first-order valence-electron chi connectivity index (χ1n) is 7.17. The van der Waals surface area contributed by atoms with Crippen molar-refractivity contribution in [3.8, 4) is 28.4 Å². The first-order valence-corrected chi connectivity index (χ1v) is 7.58.